The number of benzene rings is 1. The summed E-state index contributed by atoms with van der Waals surface area (Å²) in [4.78, 5) is 62.1. The molecule has 236 valence electrons. The molecule has 1 aromatic carbocycles. The van der Waals surface area contributed by atoms with Crippen molar-refractivity contribution in [1.29, 1.82) is 0 Å². The molecule has 19 nitrogen and oxygen atoms in total. The highest BCUT2D eigenvalue weighted by Gasteiger charge is 2.54. The molecule has 4 heterocycles. The number of aromatic nitrogens is 5. The number of nitrogen functional groups attached to an aromatic ring is 1. The Bertz CT molecular complexity index is 1770. The lowest BCUT2D eigenvalue weighted by molar-refractivity contribution is -0.152. The molecule has 5 rings (SSSR count). The number of hydrogen-bond donors (Lipinski definition) is 7. The lowest BCUT2D eigenvalue weighted by Gasteiger charge is -2.49. The summed E-state index contributed by atoms with van der Waals surface area (Å²) in [5, 5.41) is 57.3. The van der Waals surface area contributed by atoms with Crippen molar-refractivity contribution in [3.8, 4) is 22.9 Å². The van der Waals surface area contributed by atoms with Crippen molar-refractivity contribution >= 4 is 57.6 Å². The van der Waals surface area contributed by atoms with Crippen LogP contribution in [0.2, 0.25) is 0 Å². The van der Waals surface area contributed by atoms with E-state index in [0.717, 1.165) is 21.0 Å². The molecule has 0 aliphatic carbocycles. The SMILES string of the molecule is CC(C)(ON=C(C(=O)N[C@@H]1C(=O)N2C(C(=O)O)=C(Cn3nnc(-c4ccc(O)c(O)c4)n3)CS[C@H]12)c1csc(N)n1)C(=O)NO. The second-order valence-corrected chi connectivity index (χ2v) is 12.0. The number of amides is 3. The Labute approximate surface area is 260 Å². The molecular weight excluding hydrogens is 636 g/mol. The highest BCUT2D eigenvalue weighted by molar-refractivity contribution is 8.00. The first-order valence-electron chi connectivity index (χ1n) is 12.7. The summed E-state index contributed by atoms with van der Waals surface area (Å²) in [7, 11) is 0. The zero-order valence-electron chi connectivity index (χ0n) is 23.2. The zero-order chi connectivity index (χ0) is 32.6. The first-order chi connectivity index (χ1) is 21.3. The number of oxime groups is 1. The van der Waals surface area contributed by atoms with Crippen LogP contribution < -0.4 is 16.5 Å². The topological polar surface area (TPSA) is 281 Å². The molecule has 2 atom stereocenters. The number of carboxylic acids is 1. The lowest BCUT2D eigenvalue weighted by Crippen LogP contribution is -2.71. The Morgan fingerprint density at radius 3 is 2.64 bits per heavy atom. The third kappa shape index (κ3) is 6.07. The Balaban J connectivity index is 1.34. The number of thioether (sulfide) groups is 1. The van der Waals surface area contributed by atoms with Crippen LogP contribution in [-0.4, -0.2) is 103 Å². The molecule has 0 unspecified atom stereocenters. The molecule has 1 saturated heterocycles. The molecular formula is C24H24N10O9S2. The van der Waals surface area contributed by atoms with Crippen molar-refractivity contribution in [3.05, 3.63) is 40.5 Å². The van der Waals surface area contributed by atoms with Gasteiger partial charge >= 0.3 is 5.97 Å². The summed E-state index contributed by atoms with van der Waals surface area (Å²) in [6.45, 7) is 2.43. The number of nitrogens with zero attached hydrogens (tertiary/aromatic N) is 7. The van der Waals surface area contributed by atoms with Gasteiger partial charge in [0.1, 0.15) is 22.8 Å². The van der Waals surface area contributed by atoms with Gasteiger partial charge in [0.05, 0.1) is 6.54 Å². The Hall–Kier alpha value is -5.28. The molecule has 0 radical (unpaired) electrons. The van der Waals surface area contributed by atoms with Gasteiger partial charge in [0.25, 0.3) is 17.7 Å². The molecule has 1 fully saturated rings. The molecule has 21 heteroatoms. The minimum Gasteiger partial charge on any atom is -0.504 e. The third-order valence-corrected chi connectivity index (χ3v) is 8.56. The van der Waals surface area contributed by atoms with Crippen LogP contribution >= 0.6 is 23.1 Å². The van der Waals surface area contributed by atoms with E-state index in [9.17, 15) is 34.5 Å². The fraction of sp³-hybridized carbons (Fsp3) is 0.292. The van der Waals surface area contributed by atoms with Gasteiger partial charge in [-0.05, 0) is 42.8 Å². The second-order valence-electron chi connectivity index (χ2n) is 10.0. The molecule has 8 N–H and O–H groups in total. The molecule has 2 aromatic heterocycles. The number of tetrazole rings is 1. The van der Waals surface area contributed by atoms with E-state index in [1.807, 2.05) is 0 Å². The van der Waals surface area contributed by atoms with Crippen LogP contribution in [0.3, 0.4) is 0 Å². The molecule has 0 saturated carbocycles. The fourth-order valence-corrected chi connectivity index (χ4v) is 6.09. The van der Waals surface area contributed by atoms with Gasteiger partial charge in [0.15, 0.2) is 22.3 Å². The quantitative estimate of drug-likeness (QED) is 0.0462. The molecule has 2 aliphatic heterocycles. The van der Waals surface area contributed by atoms with Crippen molar-refractivity contribution in [2.75, 3.05) is 11.5 Å². The minimum atomic E-state index is -1.70. The number of anilines is 1. The number of aromatic hydroxyl groups is 2. The molecule has 3 amide bonds. The number of phenolic OH excluding ortho intramolecular Hbond substituents is 2. The smallest absolute Gasteiger partial charge is 0.352 e. The fourth-order valence-electron chi connectivity index (χ4n) is 4.21. The summed E-state index contributed by atoms with van der Waals surface area (Å²) in [5.74, 6) is -4.42. The Kier molecular flexibility index (Phi) is 8.32. The number of nitrogens with one attached hydrogen (secondary N) is 2. The first kappa shape index (κ1) is 31.2. The van der Waals surface area contributed by atoms with Gasteiger partial charge in [-0.2, -0.15) is 4.80 Å². The number of carbonyl (C=O) groups excluding carboxylic acids is 3. The predicted molar refractivity (Wildman–Crippen MR) is 154 cm³/mol. The standard InChI is InChI=1S/C24H24N10O9S2/c1-24(2,22(41)30-42)43-31-14(11-8-45-23(25)26-11)18(37)27-15-19(38)34-16(21(39)40)10(7-44-20(15)34)6-33-29-17(28-32-33)9-3-4-12(35)13(36)5-9/h3-5,8,15,20,35-36,42H,6-7H2,1-2H3,(H2,25,26)(H,27,37)(H,30,41)(H,39,40)/t15-,20-/m1/s1. The van der Waals surface area contributed by atoms with E-state index in [1.54, 1.807) is 0 Å². The average Bonchev–Trinajstić information content (AvgIpc) is 3.65. The van der Waals surface area contributed by atoms with E-state index < -0.39 is 46.4 Å². The van der Waals surface area contributed by atoms with Crippen LogP contribution in [0, 0.1) is 0 Å². The van der Waals surface area contributed by atoms with E-state index in [4.69, 9.17) is 15.8 Å². The molecule has 45 heavy (non-hydrogen) atoms. The molecule has 0 bridgehead atoms. The number of rotatable bonds is 10. The van der Waals surface area contributed by atoms with Crippen molar-refractivity contribution in [2.45, 2.75) is 37.4 Å². The van der Waals surface area contributed by atoms with Gasteiger partial charge in [-0.3, -0.25) is 24.5 Å². The largest absolute Gasteiger partial charge is 0.504 e. The predicted octanol–water partition coefficient (Wildman–Crippen LogP) is -0.766. The van der Waals surface area contributed by atoms with Crippen LogP contribution in [0.25, 0.3) is 11.4 Å². The van der Waals surface area contributed by atoms with E-state index in [-0.39, 0.29) is 46.1 Å². The second kappa shape index (κ2) is 12.0. The zero-order valence-corrected chi connectivity index (χ0v) is 24.9. The van der Waals surface area contributed by atoms with Crippen LogP contribution in [0.15, 0.2) is 40.0 Å². The van der Waals surface area contributed by atoms with Crippen LogP contribution in [0.4, 0.5) is 5.13 Å². The number of nitrogens with two attached hydrogens (primary N) is 1. The number of aliphatic carboxylic acids is 1. The summed E-state index contributed by atoms with van der Waals surface area (Å²) in [6.07, 6.45) is 0. The summed E-state index contributed by atoms with van der Waals surface area (Å²) in [6, 6.07) is 2.81. The van der Waals surface area contributed by atoms with Gasteiger partial charge in [0, 0.05) is 16.7 Å². The summed E-state index contributed by atoms with van der Waals surface area (Å²) < 4.78 is 0. The maximum absolute atomic E-state index is 13.3. The van der Waals surface area contributed by atoms with Gasteiger partial charge in [-0.15, -0.1) is 33.3 Å². The first-order valence-corrected chi connectivity index (χ1v) is 14.7. The number of carboxylic acid groups (broad SMARTS) is 1. The van der Waals surface area contributed by atoms with E-state index >= 15 is 0 Å². The normalized spacial score (nSPS) is 18.2. The average molecular weight is 661 g/mol. The van der Waals surface area contributed by atoms with Gasteiger partial charge in [-0.1, -0.05) is 5.16 Å². The number of hydroxylamine groups is 1. The maximum atomic E-state index is 13.3. The summed E-state index contributed by atoms with van der Waals surface area (Å²) >= 11 is 2.19. The number of thiazole rings is 1. The van der Waals surface area contributed by atoms with E-state index in [2.05, 4.69) is 30.9 Å². The van der Waals surface area contributed by atoms with E-state index in [1.165, 1.54) is 54.7 Å². The van der Waals surface area contributed by atoms with Crippen molar-refractivity contribution in [3.63, 3.8) is 0 Å². The monoisotopic (exact) mass is 660 g/mol. The summed E-state index contributed by atoms with van der Waals surface area (Å²) in [5.41, 5.74) is 5.36. The number of carbonyl (C=O) groups is 4. The van der Waals surface area contributed by atoms with Gasteiger partial charge in [-0.25, -0.2) is 15.3 Å². The molecule has 2 aliphatic rings. The Morgan fingerprint density at radius 1 is 1.24 bits per heavy atom. The van der Waals surface area contributed by atoms with Crippen molar-refractivity contribution in [1.82, 2.24) is 40.9 Å². The highest BCUT2D eigenvalue weighted by atomic mass is 32.2. The van der Waals surface area contributed by atoms with Crippen LogP contribution in [0.5, 0.6) is 11.5 Å². The van der Waals surface area contributed by atoms with Gasteiger partial charge in [0.2, 0.25) is 11.4 Å². The van der Waals surface area contributed by atoms with Crippen LogP contribution in [-0.2, 0) is 30.6 Å². The molecule has 0 spiro atoms. The number of fused-ring (bicyclic) bond motifs is 1. The third-order valence-electron chi connectivity index (χ3n) is 6.55. The van der Waals surface area contributed by atoms with E-state index in [0.29, 0.717) is 11.1 Å². The number of hydrogen-bond acceptors (Lipinski definition) is 16. The lowest BCUT2D eigenvalue weighted by atomic mass is 10.0. The highest BCUT2D eigenvalue weighted by Crippen LogP contribution is 2.41. The maximum Gasteiger partial charge on any atom is 0.352 e. The number of β-lactam (4-membered cyclic amide) rings is 1. The van der Waals surface area contributed by atoms with Crippen molar-refractivity contribution in [2.24, 2.45) is 5.16 Å². The Morgan fingerprint density at radius 2 is 2.00 bits per heavy atom. The van der Waals surface area contributed by atoms with Crippen LogP contribution in [0.1, 0.15) is 19.5 Å². The van der Waals surface area contributed by atoms with Gasteiger partial charge < -0.3 is 31.2 Å². The number of phenols is 2. The van der Waals surface area contributed by atoms with Crippen molar-refractivity contribution < 1.29 is 44.5 Å². The molecule has 3 aromatic rings. The minimum absolute atomic E-state index is 0.00856.